The van der Waals surface area contributed by atoms with Gasteiger partial charge in [-0.05, 0) is 29.9 Å². The Kier molecular flexibility index (Phi) is 5.78. The molecule has 1 rings (SSSR count). The van der Waals surface area contributed by atoms with Crippen LogP contribution in [0, 0.1) is 11.3 Å². The fourth-order valence-electron chi connectivity index (χ4n) is 2.16. The molecule has 0 fully saturated rings. The van der Waals surface area contributed by atoms with Crippen molar-refractivity contribution in [2.24, 2.45) is 11.3 Å². The topological polar surface area (TPSA) is 69.7 Å². The van der Waals surface area contributed by atoms with E-state index in [0.29, 0.717) is 0 Å². The standard InChI is InChI=1S/C15H22O5S/c1-12(11-15(2,3)4)10-14(16)20-21(17,18)19-13-8-6-5-7-9-13/h5-9,12H,10-11H2,1-4H3. The highest BCUT2D eigenvalue weighted by Gasteiger charge is 2.23. The number of para-hydroxylation sites is 1. The van der Waals surface area contributed by atoms with Crippen LogP contribution in [-0.2, 0) is 19.4 Å². The summed E-state index contributed by atoms with van der Waals surface area (Å²) in [4.78, 5) is 11.7. The van der Waals surface area contributed by atoms with E-state index in [1.807, 2.05) is 6.92 Å². The van der Waals surface area contributed by atoms with Crippen molar-refractivity contribution in [2.45, 2.75) is 40.5 Å². The molecule has 1 unspecified atom stereocenters. The molecule has 1 atom stereocenters. The first-order chi connectivity index (χ1) is 9.57. The number of rotatable bonds is 6. The van der Waals surface area contributed by atoms with Crippen molar-refractivity contribution in [3.8, 4) is 5.75 Å². The lowest BCUT2D eigenvalue weighted by Gasteiger charge is -2.22. The summed E-state index contributed by atoms with van der Waals surface area (Å²) in [6.45, 7) is 8.06. The molecule has 6 heteroatoms. The summed E-state index contributed by atoms with van der Waals surface area (Å²) in [7, 11) is -4.37. The Hall–Kier alpha value is -1.56. The molecule has 0 saturated carbocycles. The maximum atomic E-state index is 11.7. The van der Waals surface area contributed by atoms with Gasteiger partial charge in [-0.15, -0.1) is 8.42 Å². The molecule has 0 amide bonds. The molecule has 0 bridgehead atoms. The quantitative estimate of drug-likeness (QED) is 0.805. The maximum Gasteiger partial charge on any atom is 0.503 e. The SMILES string of the molecule is CC(CC(=O)OS(=O)(=O)Oc1ccccc1)CC(C)(C)C. The Labute approximate surface area is 126 Å². The van der Waals surface area contributed by atoms with Crippen LogP contribution < -0.4 is 4.18 Å². The maximum absolute atomic E-state index is 11.7. The number of carbonyl (C=O) groups is 1. The van der Waals surface area contributed by atoms with E-state index in [4.69, 9.17) is 0 Å². The molecule has 0 heterocycles. The predicted octanol–water partition coefficient (Wildman–Crippen LogP) is 3.32. The molecule has 0 aromatic heterocycles. The number of benzene rings is 1. The summed E-state index contributed by atoms with van der Waals surface area (Å²) in [6.07, 6.45) is 0.830. The highest BCUT2D eigenvalue weighted by atomic mass is 32.3. The Bertz CT molecular complexity index is 557. The van der Waals surface area contributed by atoms with Gasteiger partial charge in [-0.3, -0.25) is 4.79 Å². The van der Waals surface area contributed by atoms with Crippen LogP contribution in [-0.4, -0.2) is 14.4 Å². The smallest absolute Gasteiger partial charge is 0.353 e. The number of hydrogen-bond acceptors (Lipinski definition) is 5. The highest BCUT2D eigenvalue weighted by molar-refractivity contribution is 7.82. The lowest BCUT2D eigenvalue weighted by Crippen LogP contribution is -2.21. The molecule has 0 aliphatic carbocycles. The van der Waals surface area contributed by atoms with Gasteiger partial charge < -0.3 is 8.37 Å². The van der Waals surface area contributed by atoms with Gasteiger partial charge in [0.2, 0.25) is 0 Å². The van der Waals surface area contributed by atoms with E-state index >= 15 is 0 Å². The first-order valence-corrected chi connectivity index (χ1v) is 8.12. The summed E-state index contributed by atoms with van der Waals surface area (Å²) in [6, 6.07) is 7.90. The third-order valence-electron chi connectivity index (χ3n) is 2.61. The molecule has 118 valence electrons. The van der Waals surface area contributed by atoms with Gasteiger partial charge in [-0.2, -0.15) is 0 Å². The molecule has 5 nitrogen and oxygen atoms in total. The molecule has 0 saturated heterocycles. The molecule has 0 aliphatic rings. The summed E-state index contributed by atoms with van der Waals surface area (Å²) in [5, 5.41) is 0. The zero-order valence-electron chi connectivity index (χ0n) is 12.8. The van der Waals surface area contributed by atoms with Crippen LogP contribution in [0.4, 0.5) is 0 Å². The van der Waals surface area contributed by atoms with E-state index in [9.17, 15) is 13.2 Å². The van der Waals surface area contributed by atoms with Crippen LogP contribution in [0.15, 0.2) is 30.3 Å². The lowest BCUT2D eigenvalue weighted by atomic mass is 9.84. The Morgan fingerprint density at radius 1 is 1.19 bits per heavy atom. The molecular weight excluding hydrogens is 292 g/mol. The molecule has 1 aromatic carbocycles. The first kappa shape index (κ1) is 17.5. The van der Waals surface area contributed by atoms with Gasteiger partial charge in [0, 0.05) is 6.42 Å². The zero-order chi connectivity index (χ0) is 16.1. The second-order valence-corrected chi connectivity index (χ2v) is 7.48. The van der Waals surface area contributed by atoms with Gasteiger partial charge in [0.25, 0.3) is 0 Å². The van der Waals surface area contributed by atoms with Gasteiger partial charge in [-0.25, -0.2) is 0 Å². The molecule has 0 aliphatic heterocycles. The fourth-order valence-corrected chi connectivity index (χ4v) is 2.84. The molecule has 0 spiro atoms. The minimum Gasteiger partial charge on any atom is -0.353 e. The average Bonchev–Trinajstić information content (AvgIpc) is 2.25. The van der Waals surface area contributed by atoms with Crippen molar-refractivity contribution >= 4 is 16.4 Å². The van der Waals surface area contributed by atoms with E-state index in [1.54, 1.807) is 18.2 Å². The average molecular weight is 314 g/mol. The van der Waals surface area contributed by atoms with E-state index in [1.165, 1.54) is 12.1 Å². The third kappa shape index (κ3) is 7.70. The summed E-state index contributed by atoms with van der Waals surface area (Å²) in [5.74, 6) is -0.667. The summed E-state index contributed by atoms with van der Waals surface area (Å²) >= 11 is 0. The van der Waals surface area contributed by atoms with Gasteiger partial charge in [0.05, 0.1) is 0 Å². The zero-order valence-corrected chi connectivity index (χ0v) is 13.6. The minimum absolute atomic E-state index is 0.0319. The second-order valence-electron chi connectivity index (χ2n) is 6.33. The Morgan fingerprint density at radius 3 is 2.29 bits per heavy atom. The van der Waals surface area contributed by atoms with Gasteiger partial charge >= 0.3 is 16.4 Å². The summed E-state index contributed by atoms with van der Waals surface area (Å²) < 4.78 is 32.3. The van der Waals surface area contributed by atoms with Crippen LogP contribution >= 0.6 is 0 Å². The molecular formula is C15H22O5S. The van der Waals surface area contributed by atoms with Crippen LogP contribution in [0.5, 0.6) is 5.75 Å². The van der Waals surface area contributed by atoms with Crippen molar-refractivity contribution in [1.29, 1.82) is 0 Å². The summed E-state index contributed by atoms with van der Waals surface area (Å²) in [5.41, 5.74) is 0.0686. The molecule has 0 N–H and O–H groups in total. The van der Waals surface area contributed by atoms with Gasteiger partial charge in [-0.1, -0.05) is 45.9 Å². The van der Waals surface area contributed by atoms with Crippen molar-refractivity contribution in [3.05, 3.63) is 30.3 Å². The van der Waals surface area contributed by atoms with E-state index in [0.717, 1.165) is 6.42 Å². The fraction of sp³-hybridized carbons (Fsp3) is 0.533. The van der Waals surface area contributed by atoms with Gasteiger partial charge in [0.15, 0.2) is 0 Å². The number of hydrogen-bond donors (Lipinski definition) is 0. The Morgan fingerprint density at radius 2 is 1.76 bits per heavy atom. The Balaban J connectivity index is 2.53. The van der Waals surface area contributed by atoms with E-state index < -0.39 is 16.4 Å². The van der Waals surface area contributed by atoms with Crippen LogP contribution in [0.2, 0.25) is 0 Å². The van der Waals surface area contributed by atoms with Crippen molar-refractivity contribution < 1.29 is 21.6 Å². The molecule has 1 aromatic rings. The van der Waals surface area contributed by atoms with E-state index in [2.05, 4.69) is 29.1 Å². The first-order valence-electron chi connectivity index (χ1n) is 6.79. The van der Waals surface area contributed by atoms with Crippen molar-refractivity contribution in [3.63, 3.8) is 0 Å². The van der Waals surface area contributed by atoms with Gasteiger partial charge in [0.1, 0.15) is 5.75 Å². The van der Waals surface area contributed by atoms with Crippen LogP contribution in [0.25, 0.3) is 0 Å². The van der Waals surface area contributed by atoms with Crippen molar-refractivity contribution in [2.75, 3.05) is 0 Å². The van der Waals surface area contributed by atoms with Crippen LogP contribution in [0.1, 0.15) is 40.5 Å². The van der Waals surface area contributed by atoms with E-state index in [-0.39, 0.29) is 23.5 Å². The highest BCUT2D eigenvalue weighted by Crippen LogP contribution is 2.26. The van der Waals surface area contributed by atoms with Crippen molar-refractivity contribution in [1.82, 2.24) is 0 Å². The second kappa shape index (κ2) is 6.93. The number of carbonyl (C=O) groups excluding carboxylic acids is 1. The largest absolute Gasteiger partial charge is 0.503 e. The molecule has 0 radical (unpaired) electrons. The predicted molar refractivity (Wildman–Crippen MR) is 79.9 cm³/mol. The van der Waals surface area contributed by atoms with Crippen LogP contribution in [0.3, 0.4) is 0 Å². The normalized spacial score (nSPS) is 13.5. The monoisotopic (exact) mass is 314 g/mol. The third-order valence-corrected chi connectivity index (χ3v) is 3.40. The minimum atomic E-state index is -4.37. The lowest BCUT2D eigenvalue weighted by molar-refractivity contribution is -0.135. The molecule has 21 heavy (non-hydrogen) atoms.